The Labute approximate surface area is 217 Å². The van der Waals surface area contributed by atoms with Crippen LogP contribution in [-0.4, -0.2) is 53.8 Å². The third-order valence-electron chi connectivity index (χ3n) is 6.12. The van der Waals surface area contributed by atoms with Crippen LogP contribution in [0.1, 0.15) is 30.5 Å². The molecule has 1 amide bonds. The number of hydrogen-bond acceptors (Lipinski definition) is 6. The lowest BCUT2D eigenvalue weighted by Gasteiger charge is -2.40. The number of likely N-dealkylation sites (tertiary alicyclic amines) is 1. The standard InChI is InChI=1S/C24H26BrCl2N3O4/c25-17-5-6-18(29-14-17)12-22(33)34-15-24(8-10-30(11-9-24)21(32)13-28)20(31)7-4-16-2-1-3-19(26)23(16)27/h1-3,5-6,14H,4,7-13,15,28H2. The van der Waals surface area contributed by atoms with Gasteiger partial charge >= 0.3 is 5.97 Å². The van der Waals surface area contributed by atoms with Crippen LogP contribution in [0.2, 0.25) is 10.0 Å². The van der Waals surface area contributed by atoms with Crippen molar-refractivity contribution in [3.8, 4) is 0 Å². The first kappa shape index (κ1) is 26.6. The topological polar surface area (TPSA) is 103 Å². The highest BCUT2D eigenvalue weighted by Crippen LogP contribution is 2.35. The second-order valence-electron chi connectivity index (χ2n) is 8.31. The van der Waals surface area contributed by atoms with Crippen molar-refractivity contribution < 1.29 is 19.1 Å². The SMILES string of the molecule is NCC(=O)N1CCC(COC(=O)Cc2ccc(Br)cn2)(C(=O)CCc2cccc(Cl)c2Cl)CC1. The number of rotatable bonds is 9. The number of ether oxygens (including phenoxy) is 1. The lowest BCUT2D eigenvalue weighted by molar-refractivity contribution is -0.154. The molecule has 0 radical (unpaired) electrons. The summed E-state index contributed by atoms with van der Waals surface area (Å²) in [5.41, 5.74) is 5.97. The summed E-state index contributed by atoms with van der Waals surface area (Å²) in [6.07, 6.45) is 3.04. The number of piperidine rings is 1. The summed E-state index contributed by atoms with van der Waals surface area (Å²) in [5.74, 6) is -0.650. The number of pyridine rings is 1. The normalized spacial score (nSPS) is 15.1. The van der Waals surface area contributed by atoms with Crippen molar-refractivity contribution in [1.29, 1.82) is 0 Å². The number of benzene rings is 1. The molecule has 1 saturated heterocycles. The van der Waals surface area contributed by atoms with Crippen LogP contribution >= 0.6 is 39.1 Å². The summed E-state index contributed by atoms with van der Waals surface area (Å²) in [6, 6.07) is 8.85. The molecule has 2 heterocycles. The maximum Gasteiger partial charge on any atom is 0.311 e. The van der Waals surface area contributed by atoms with E-state index in [1.165, 1.54) is 0 Å². The van der Waals surface area contributed by atoms with Gasteiger partial charge in [-0.1, -0.05) is 35.3 Å². The average Bonchev–Trinajstić information content (AvgIpc) is 2.84. The van der Waals surface area contributed by atoms with E-state index in [9.17, 15) is 14.4 Å². The van der Waals surface area contributed by atoms with Crippen molar-refractivity contribution in [2.75, 3.05) is 26.2 Å². The quantitative estimate of drug-likeness (QED) is 0.457. The molecule has 0 bridgehead atoms. The Morgan fingerprint density at radius 3 is 2.53 bits per heavy atom. The number of nitrogens with two attached hydrogens (primary N) is 1. The number of ketones is 1. The van der Waals surface area contributed by atoms with Crippen LogP contribution in [0.15, 0.2) is 41.0 Å². The van der Waals surface area contributed by atoms with Crippen LogP contribution in [0, 0.1) is 5.41 Å². The Morgan fingerprint density at radius 2 is 1.88 bits per heavy atom. The van der Waals surface area contributed by atoms with E-state index >= 15 is 0 Å². The highest BCUT2D eigenvalue weighted by molar-refractivity contribution is 9.10. The number of halogens is 3. The van der Waals surface area contributed by atoms with Gasteiger partial charge in [0.2, 0.25) is 5.91 Å². The van der Waals surface area contributed by atoms with Gasteiger partial charge in [-0.15, -0.1) is 0 Å². The molecule has 1 aliphatic heterocycles. The number of Topliss-reactive ketones (excluding diaryl/α,β-unsaturated/α-hetero) is 1. The molecule has 0 unspecified atom stereocenters. The van der Waals surface area contributed by atoms with E-state index in [2.05, 4.69) is 20.9 Å². The van der Waals surface area contributed by atoms with E-state index < -0.39 is 11.4 Å². The lowest BCUT2D eigenvalue weighted by atomic mass is 9.73. The zero-order valence-electron chi connectivity index (χ0n) is 18.6. The van der Waals surface area contributed by atoms with Gasteiger partial charge in [-0.25, -0.2) is 0 Å². The Kier molecular flexibility index (Phi) is 9.47. The van der Waals surface area contributed by atoms with Crippen molar-refractivity contribution in [3.05, 3.63) is 62.3 Å². The van der Waals surface area contributed by atoms with Crippen molar-refractivity contribution in [2.45, 2.75) is 32.1 Å². The molecule has 2 N–H and O–H groups in total. The summed E-state index contributed by atoms with van der Waals surface area (Å²) in [5, 5.41) is 0.869. The highest BCUT2D eigenvalue weighted by Gasteiger charge is 2.42. The number of amides is 1. The Hall–Kier alpha value is -2.00. The van der Waals surface area contributed by atoms with Gasteiger partial charge in [0, 0.05) is 30.2 Å². The van der Waals surface area contributed by atoms with Gasteiger partial charge < -0.3 is 15.4 Å². The minimum absolute atomic E-state index is 0.00740. The van der Waals surface area contributed by atoms with Gasteiger partial charge in [0.15, 0.2) is 0 Å². The van der Waals surface area contributed by atoms with Crippen molar-refractivity contribution in [1.82, 2.24) is 9.88 Å². The molecule has 0 atom stereocenters. The fraction of sp³-hybridized carbons (Fsp3) is 0.417. The maximum absolute atomic E-state index is 13.4. The molecule has 1 aliphatic rings. The van der Waals surface area contributed by atoms with E-state index in [1.54, 1.807) is 35.4 Å². The first-order chi connectivity index (χ1) is 16.2. The zero-order valence-corrected chi connectivity index (χ0v) is 21.7. The van der Waals surface area contributed by atoms with E-state index in [-0.39, 0.29) is 37.7 Å². The first-order valence-electron chi connectivity index (χ1n) is 10.9. The Balaban J connectivity index is 1.68. The Bertz CT molecular complexity index is 1040. The summed E-state index contributed by atoms with van der Waals surface area (Å²) < 4.78 is 6.38. The largest absolute Gasteiger partial charge is 0.464 e. The number of aryl methyl sites for hydroxylation is 1. The van der Waals surface area contributed by atoms with Crippen LogP contribution in [0.25, 0.3) is 0 Å². The molecule has 0 saturated carbocycles. The minimum Gasteiger partial charge on any atom is -0.464 e. The van der Waals surface area contributed by atoms with Gasteiger partial charge in [-0.2, -0.15) is 0 Å². The third-order valence-corrected chi connectivity index (χ3v) is 7.44. The molecule has 34 heavy (non-hydrogen) atoms. The summed E-state index contributed by atoms with van der Waals surface area (Å²) in [7, 11) is 0. The Morgan fingerprint density at radius 1 is 1.15 bits per heavy atom. The molecule has 10 heteroatoms. The third kappa shape index (κ3) is 6.78. The van der Waals surface area contributed by atoms with Gasteiger partial charge in [0.1, 0.15) is 12.4 Å². The van der Waals surface area contributed by atoms with E-state index in [0.29, 0.717) is 48.1 Å². The number of nitrogens with zero attached hydrogens (tertiary/aromatic N) is 2. The molecule has 1 aromatic carbocycles. The van der Waals surface area contributed by atoms with Gasteiger partial charge in [0.25, 0.3) is 0 Å². The molecule has 3 rings (SSSR count). The molecule has 0 spiro atoms. The number of carbonyl (C=O) groups excluding carboxylic acids is 3. The van der Waals surface area contributed by atoms with Crippen LogP contribution < -0.4 is 5.73 Å². The average molecular weight is 571 g/mol. The summed E-state index contributed by atoms with van der Waals surface area (Å²) >= 11 is 15.7. The molecule has 1 aromatic heterocycles. The highest BCUT2D eigenvalue weighted by atomic mass is 79.9. The second-order valence-corrected chi connectivity index (χ2v) is 10.0. The molecular formula is C24H26BrCl2N3O4. The smallest absolute Gasteiger partial charge is 0.311 e. The molecule has 182 valence electrons. The summed E-state index contributed by atoms with van der Waals surface area (Å²) in [4.78, 5) is 43.8. The first-order valence-corrected chi connectivity index (χ1v) is 12.5. The molecule has 2 aromatic rings. The van der Waals surface area contributed by atoms with Crippen molar-refractivity contribution >= 4 is 56.8 Å². The van der Waals surface area contributed by atoms with Gasteiger partial charge in [-0.05, 0) is 59.0 Å². The molecule has 0 aliphatic carbocycles. The van der Waals surface area contributed by atoms with Crippen LogP contribution in [-0.2, 0) is 32.0 Å². The monoisotopic (exact) mass is 569 g/mol. The van der Waals surface area contributed by atoms with E-state index in [0.717, 1.165) is 10.0 Å². The van der Waals surface area contributed by atoms with Crippen molar-refractivity contribution in [2.24, 2.45) is 11.1 Å². The van der Waals surface area contributed by atoms with Gasteiger partial charge in [-0.3, -0.25) is 19.4 Å². The molecular weight excluding hydrogens is 545 g/mol. The van der Waals surface area contributed by atoms with Crippen LogP contribution in [0.4, 0.5) is 0 Å². The number of esters is 1. The number of aromatic nitrogens is 1. The molecule has 7 nitrogen and oxygen atoms in total. The number of hydrogen-bond donors (Lipinski definition) is 1. The zero-order chi connectivity index (χ0) is 24.7. The predicted molar refractivity (Wildman–Crippen MR) is 134 cm³/mol. The number of carbonyl (C=O) groups is 3. The van der Waals surface area contributed by atoms with Crippen LogP contribution in [0.3, 0.4) is 0 Å². The van der Waals surface area contributed by atoms with Crippen LogP contribution in [0.5, 0.6) is 0 Å². The van der Waals surface area contributed by atoms with E-state index in [4.69, 9.17) is 33.7 Å². The predicted octanol–water partition coefficient (Wildman–Crippen LogP) is 4.01. The fourth-order valence-corrected chi connectivity index (χ4v) is 4.65. The van der Waals surface area contributed by atoms with Crippen molar-refractivity contribution in [3.63, 3.8) is 0 Å². The molecule has 1 fully saturated rings. The lowest BCUT2D eigenvalue weighted by Crippen LogP contribution is -2.50. The fourth-order valence-electron chi connectivity index (χ4n) is 4.00. The maximum atomic E-state index is 13.4. The van der Waals surface area contributed by atoms with Gasteiger partial charge in [0.05, 0.1) is 34.1 Å². The second kappa shape index (κ2) is 12.1. The van der Waals surface area contributed by atoms with E-state index in [1.807, 2.05) is 6.07 Å². The summed E-state index contributed by atoms with van der Waals surface area (Å²) in [6.45, 7) is 0.634. The minimum atomic E-state index is -0.876.